The zero-order valence-corrected chi connectivity index (χ0v) is 10.3. The molecule has 0 unspecified atom stereocenters. The maximum atomic E-state index is 13.1. The molecule has 0 aliphatic heterocycles. The molecule has 0 heterocycles. The Morgan fingerprint density at radius 2 is 2.17 bits per heavy atom. The van der Waals surface area contributed by atoms with E-state index < -0.39 is 32.2 Å². The zero-order valence-electron chi connectivity index (χ0n) is 9.50. The van der Waals surface area contributed by atoms with Crippen molar-refractivity contribution in [1.29, 1.82) is 5.26 Å². The van der Waals surface area contributed by atoms with Crippen molar-refractivity contribution in [2.45, 2.75) is 11.2 Å². The van der Waals surface area contributed by atoms with Crippen LogP contribution in [-0.4, -0.2) is 26.2 Å². The summed E-state index contributed by atoms with van der Waals surface area (Å²) in [6.07, 6.45) is 1.33. The summed E-state index contributed by atoms with van der Waals surface area (Å²) in [6.45, 7) is 0. The summed E-state index contributed by atoms with van der Waals surface area (Å²) in [6, 6.07) is 7.08. The Labute approximate surface area is 104 Å². The van der Waals surface area contributed by atoms with Crippen molar-refractivity contribution in [3.05, 3.63) is 35.6 Å². The lowest BCUT2D eigenvalue weighted by molar-refractivity contribution is -0.110. The molecular weight excluding hydrogens is 257 g/mol. The number of hydrogen-bond acceptors (Lipinski definition) is 4. The summed E-state index contributed by atoms with van der Waals surface area (Å²) >= 11 is 0. The first-order chi connectivity index (χ1) is 8.36. The highest BCUT2D eigenvalue weighted by Gasteiger charge is 2.71. The van der Waals surface area contributed by atoms with Crippen LogP contribution in [-0.2, 0) is 14.6 Å². The van der Waals surface area contributed by atoms with Crippen LogP contribution < -0.4 is 0 Å². The molecule has 94 valence electrons. The first-order valence-electron chi connectivity index (χ1n) is 5.18. The van der Waals surface area contributed by atoms with Gasteiger partial charge >= 0.3 is 0 Å². The molecule has 0 bridgehead atoms. The van der Waals surface area contributed by atoms with Crippen LogP contribution in [0.5, 0.6) is 0 Å². The van der Waals surface area contributed by atoms with Crippen molar-refractivity contribution in [3.63, 3.8) is 0 Å². The molecule has 1 saturated carbocycles. The summed E-state index contributed by atoms with van der Waals surface area (Å²) in [5.41, 5.74) is -1.22. The molecular formula is C12H10FNO3S. The van der Waals surface area contributed by atoms with Gasteiger partial charge in [0.25, 0.3) is 0 Å². The minimum absolute atomic E-state index is 0.355. The van der Waals surface area contributed by atoms with Gasteiger partial charge in [-0.3, -0.25) is 0 Å². The van der Waals surface area contributed by atoms with Gasteiger partial charge in [0.05, 0.1) is 11.3 Å². The van der Waals surface area contributed by atoms with Gasteiger partial charge in [-0.25, -0.2) is 12.8 Å². The predicted octanol–water partition coefficient (Wildman–Crippen LogP) is 1.04. The van der Waals surface area contributed by atoms with Crippen molar-refractivity contribution < 1.29 is 17.6 Å². The molecule has 18 heavy (non-hydrogen) atoms. The first kappa shape index (κ1) is 12.7. The highest BCUT2D eigenvalue weighted by Crippen LogP contribution is 2.61. The third-order valence-electron chi connectivity index (χ3n) is 3.24. The quantitative estimate of drug-likeness (QED) is 0.767. The summed E-state index contributed by atoms with van der Waals surface area (Å²) < 4.78 is 36.3. The van der Waals surface area contributed by atoms with Crippen LogP contribution in [0.3, 0.4) is 0 Å². The van der Waals surface area contributed by atoms with E-state index in [2.05, 4.69) is 0 Å². The third kappa shape index (κ3) is 1.71. The van der Waals surface area contributed by atoms with E-state index in [9.17, 15) is 17.6 Å². The van der Waals surface area contributed by atoms with Crippen molar-refractivity contribution >= 4 is 16.1 Å². The molecule has 0 spiro atoms. The monoisotopic (exact) mass is 267 g/mol. The fourth-order valence-electron chi connectivity index (χ4n) is 2.43. The van der Waals surface area contributed by atoms with Crippen molar-refractivity contribution in [2.75, 3.05) is 6.26 Å². The van der Waals surface area contributed by atoms with Crippen LogP contribution >= 0.6 is 0 Å². The maximum absolute atomic E-state index is 13.1. The number of carbonyl (C=O) groups excluding carboxylic acids is 1. The minimum atomic E-state index is -3.55. The zero-order chi connectivity index (χ0) is 13.6. The molecule has 0 amide bonds. The number of nitriles is 1. The fourth-order valence-corrected chi connectivity index (χ4v) is 4.19. The van der Waals surface area contributed by atoms with E-state index in [1.165, 1.54) is 18.2 Å². The largest absolute Gasteiger partial charge is 0.302 e. The Kier molecular flexibility index (Phi) is 2.74. The molecule has 6 heteroatoms. The second kappa shape index (κ2) is 3.89. The van der Waals surface area contributed by atoms with E-state index in [0.29, 0.717) is 11.8 Å². The van der Waals surface area contributed by atoms with Gasteiger partial charge in [-0.15, -0.1) is 0 Å². The van der Waals surface area contributed by atoms with Gasteiger partial charge in [0, 0.05) is 12.2 Å². The van der Waals surface area contributed by atoms with Gasteiger partial charge < -0.3 is 4.79 Å². The Hall–Kier alpha value is -1.74. The SMILES string of the molecule is CS(=O)(=O)[C@H]1[C@@H](c2cccc(F)c2)[C@]1(C#N)C=O. The second-order valence-electron chi connectivity index (χ2n) is 4.45. The lowest BCUT2D eigenvalue weighted by atomic mass is 10.0. The standard InChI is InChI=1S/C12H10FNO3S/c1-18(16,17)11-10(12(11,6-14)7-15)8-3-2-4-9(13)5-8/h2-5,7,10-11H,1H3/t10-,11+,12+/m1/s1. The summed E-state index contributed by atoms with van der Waals surface area (Å²) in [5, 5.41) is 7.96. The topological polar surface area (TPSA) is 75.0 Å². The van der Waals surface area contributed by atoms with E-state index in [4.69, 9.17) is 5.26 Å². The minimum Gasteiger partial charge on any atom is -0.302 e. The Morgan fingerprint density at radius 3 is 2.56 bits per heavy atom. The van der Waals surface area contributed by atoms with Crippen molar-refractivity contribution in [3.8, 4) is 6.07 Å². The molecule has 1 aliphatic carbocycles. The van der Waals surface area contributed by atoms with Crippen LogP contribution in [0.2, 0.25) is 0 Å². The first-order valence-corrected chi connectivity index (χ1v) is 7.14. The number of halogens is 1. The van der Waals surface area contributed by atoms with Crippen LogP contribution in [0.25, 0.3) is 0 Å². The van der Waals surface area contributed by atoms with Gasteiger partial charge in [-0.1, -0.05) is 12.1 Å². The van der Waals surface area contributed by atoms with Crippen LogP contribution in [0, 0.1) is 22.6 Å². The van der Waals surface area contributed by atoms with Gasteiger partial charge in [-0.05, 0) is 17.7 Å². The number of sulfone groups is 1. The molecule has 0 saturated heterocycles. The van der Waals surface area contributed by atoms with E-state index in [0.717, 1.165) is 12.3 Å². The summed E-state index contributed by atoms with van der Waals surface area (Å²) in [4.78, 5) is 11.1. The smallest absolute Gasteiger partial charge is 0.153 e. The third-order valence-corrected chi connectivity index (χ3v) is 4.82. The Balaban J connectivity index is 2.52. The Bertz CT molecular complexity index is 650. The van der Waals surface area contributed by atoms with Crippen LogP contribution in [0.1, 0.15) is 11.5 Å². The van der Waals surface area contributed by atoms with E-state index in [1.807, 2.05) is 0 Å². The van der Waals surface area contributed by atoms with Gasteiger partial charge in [0.15, 0.2) is 9.84 Å². The molecule has 0 radical (unpaired) electrons. The molecule has 1 aliphatic rings. The molecule has 1 aromatic carbocycles. The van der Waals surface area contributed by atoms with Crippen molar-refractivity contribution in [1.82, 2.24) is 0 Å². The van der Waals surface area contributed by atoms with Gasteiger partial charge in [0.1, 0.15) is 17.5 Å². The van der Waals surface area contributed by atoms with E-state index in [1.54, 1.807) is 6.07 Å². The lowest BCUT2D eigenvalue weighted by Gasteiger charge is -1.99. The van der Waals surface area contributed by atoms with Gasteiger partial charge in [-0.2, -0.15) is 5.26 Å². The summed E-state index contributed by atoms with van der Waals surface area (Å²) in [5.74, 6) is -1.31. The van der Waals surface area contributed by atoms with Crippen LogP contribution in [0.15, 0.2) is 24.3 Å². The molecule has 1 fully saturated rings. The highest BCUT2D eigenvalue weighted by molar-refractivity contribution is 7.91. The summed E-state index contributed by atoms with van der Waals surface area (Å²) in [7, 11) is -3.55. The molecule has 2 rings (SSSR count). The second-order valence-corrected chi connectivity index (χ2v) is 6.61. The van der Waals surface area contributed by atoms with Crippen LogP contribution in [0.4, 0.5) is 4.39 Å². The predicted molar refractivity (Wildman–Crippen MR) is 61.9 cm³/mol. The molecule has 1 aromatic rings. The Morgan fingerprint density at radius 1 is 1.50 bits per heavy atom. The number of nitrogens with zero attached hydrogens (tertiary/aromatic N) is 1. The average Bonchev–Trinajstić information content (AvgIpc) is 2.98. The number of benzene rings is 1. The highest BCUT2D eigenvalue weighted by atomic mass is 32.2. The number of carbonyl (C=O) groups is 1. The molecule has 0 aromatic heterocycles. The molecule has 4 nitrogen and oxygen atoms in total. The molecule has 3 atom stereocenters. The average molecular weight is 267 g/mol. The number of aldehydes is 1. The van der Waals surface area contributed by atoms with Crippen molar-refractivity contribution in [2.24, 2.45) is 5.41 Å². The van der Waals surface area contributed by atoms with E-state index >= 15 is 0 Å². The number of rotatable bonds is 3. The van der Waals surface area contributed by atoms with Gasteiger partial charge in [0.2, 0.25) is 0 Å². The number of hydrogen-bond donors (Lipinski definition) is 0. The fraction of sp³-hybridized carbons (Fsp3) is 0.333. The normalized spacial score (nSPS) is 30.5. The lowest BCUT2D eigenvalue weighted by Crippen LogP contribution is -2.14. The van der Waals surface area contributed by atoms with E-state index in [-0.39, 0.29) is 0 Å². The maximum Gasteiger partial charge on any atom is 0.153 e. The molecule has 0 N–H and O–H groups in total.